The van der Waals surface area contributed by atoms with E-state index in [0.717, 1.165) is 19.3 Å². The Balaban J connectivity index is 2.01. The standard InChI is InChI=1S/C18H21ClFN3O3/c1-3-4-5-10-21-15(24)11-26-18(25)16-12(2)22-23(17(16)19)14-8-6-13(20)7-9-14/h6-9H,3-5,10-11H2,1-2H3,(H,21,24). The maximum Gasteiger partial charge on any atom is 0.343 e. The number of rotatable bonds is 8. The van der Waals surface area contributed by atoms with Crippen molar-refractivity contribution in [3.63, 3.8) is 0 Å². The first-order valence-corrected chi connectivity index (χ1v) is 8.76. The van der Waals surface area contributed by atoms with Crippen LogP contribution in [0.1, 0.15) is 42.2 Å². The summed E-state index contributed by atoms with van der Waals surface area (Å²) in [5.74, 6) is -1.49. The highest BCUT2D eigenvalue weighted by Gasteiger charge is 2.23. The molecule has 0 radical (unpaired) electrons. The Morgan fingerprint density at radius 2 is 1.96 bits per heavy atom. The van der Waals surface area contributed by atoms with Crippen LogP contribution in [0.3, 0.4) is 0 Å². The van der Waals surface area contributed by atoms with E-state index in [-0.39, 0.29) is 23.2 Å². The summed E-state index contributed by atoms with van der Waals surface area (Å²) in [6.45, 7) is 3.84. The van der Waals surface area contributed by atoms with E-state index in [0.29, 0.717) is 17.9 Å². The van der Waals surface area contributed by atoms with Crippen LogP contribution in [0.5, 0.6) is 0 Å². The predicted octanol–water partition coefficient (Wildman–Crippen LogP) is 3.44. The van der Waals surface area contributed by atoms with Gasteiger partial charge in [0.05, 0.1) is 11.4 Å². The van der Waals surface area contributed by atoms with E-state index >= 15 is 0 Å². The molecule has 2 aromatic rings. The molecule has 6 nitrogen and oxygen atoms in total. The average molecular weight is 382 g/mol. The summed E-state index contributed by atoms with van der Waals surface area (Å²) < 4.78 is 19.4. The van der Waals surface area contributed by atoms with Crippen LogP contribution < -0.4 is 5.32 Å². The average Bonchev–Trinajstić information content (AvgIpc) is 2.92. The largest absolute Gasteiger partial charge is 0.452 e. The predicted molar refractivity (Wildman–Crippen MR) is 96.1 cm³/mol. The number of nitrogens with one attached hydrogen (secondary N) is 1. The van der Waals surface area contributed by atoms with Gasteiger partial charge in [-0.15, -0.1) is 0 Å². The van der Waals surface area contributed by atoms with E-state index < -0.39 is 11.8 Å². The molecule has 0 saturated carbocycles. The number of unbranched alkanes of at least 4 members (excludes halogenated alkanes) is 2. The topological polar surface area (TPSA) is 73.2 Å². The van der Waals surface area contributed by atoms with Crippen LogP contribution in [0.15, 0.2) is 24.3 Å². The molecular weight excluding hydrogens is 361 g/mol. The molecule has 26 heavy (non-hydrogen) atoms. The molecule has 0 bridgehead atoms. The van der Waals surface area contributed by atoms with Crippen molar-refractivity contribution in [1.82, 2.24) is 15.1 Å². The van der Waals surface area contributed by atoms with Gasteiger partial charge in [-0.25, -0.2) is 13.9 Å². The molecule has 2 rings (SSSR count). The Hall–Kier alpha value is -2.41. The normalized spacial score (nSPS) is 10.6. The van der Waals surface area contributed by atoms with E-state index in [2.05, 4.69) is 17.3 Å². The van der Waals surface area contributed by atoms with Gasteiger partial charge >= 0.3 is 5.97 Å². The van der Waals surface area contributed by atoms with Crippen LogP contribution in [-0.2, 0) is 9.53 Å². The van der Waals surface area contributed by atoms with Crippen molar-refractivity contribution in [2.24, 2.45) is 0 Å². The second-order valence-corrected chi connectivity index (χ2v) is 6.13. The molecule has 140 valence electrons. The van der Waals surface area contributed by atoms with Crippen LogP contribution in [0.2, 0.25) is 5.15 Å². The van der Waals surface area contributed by atoms with E-state index in [1.807, 2.05) is 0 Å². The molecular formula is C18H21ClFN3O3. The summed E-state index contributed by atoms with van der Waals surface area (Å²) in [7, 11) is 0. The number of halogens is 2. The molecule has 1 heterocycles. The summed E-state index contributed by atoms with van der Waals surface area (Å²) in [5.41, 5.74) is 0.940. The number of hydrogen-bond donors (Lipinski definition) is 1. The fourth-order valence-corrected chi connectivity index (χ4v) is 2.69. The highest BCUT2D eigenvalue weighted by atomic mass is 35.5. The minimum atomic E-state index is -0.732. The molecule has 0 aliphatic carbocycles. The van der Waals surface area contributed by atoms with Gasteiger partial charge in [0, 0.05) is 6.54 Å². The van der Waals surface area contributed by atoms with Crippen molar-refractivity contribution in [3.05, 3.63) is 46.5 Å². The van der Waals surface area contributed by atoms with Crippen LogP contribution >= 0.6 is 11.6 Å². The molecule has 0 fully saturated rings. The molecule has 0 aliphatic heterocycles. The first-order chi connectivity index (χ1) is 12.4. The monoisotopic (exact) mass is 381 g/mol. The van der Waals surface area contributed by atoms with E-state index in [1.165, 1.54) is 28.9 Å². The fourth-order valence-electron chi connectivity index (χ4n) is 2.34. The summed E-state index contributed by atoms with van der Waals surface area (Å²) >= 11 is 6.24. The van der Waals surface area contributed by atoms with Gasteiger partial charge in [0.2, 0.25) is 0 Å². The molecule has 0 spiro atoms. The number of nitrogens with zero attached hydrogens (tertiary/aromatic N) is 2. The quantitative estimate of drug-likeness (QED) is 0.561. The van der Waals surface area contributed by atoms with E-state index in [9.17, 15) is 14.0 Å². The Morgan fingerprint density at radius 1 is 1.27 bits per heavy atom. The Morgan fingerprint density at radius 3 is 2.62 bits per heavy atom. The number of carbonyl (C=O) groups is 2. The number of carbonyl (C=O) groups excluding carboxylic acids is 2. The molecule has 1 aromatic heterocycles. The van der Waals surface area contributed by atoms with Crippen LogP contribution in [0, 0.1) is 12.7 Å². The summed E-state index contributed by atoms with van der Waals surface area (Å²) in [5, 5.41) is 6.92. The third kappa shape index (κ3) is 5.05. The molecule has 0 atom stereocenters. The zero-order chi connectivity index (χ0) is 19.1. The van der Waals surface area contributed by atoms with Crippen LogP contribution in [-0.4, -0.2) is 34.8 Å². The maximum absolute atomic E-state index is 13.0. The van der Waals surface area contributed by atoms with E-state index in [1.54, 1.807) is 6.92 Å². The second-order valence-electron chi connectivity index (χ2n) is 5.77. The van der Waals surface area contributed by atoms with Crippen molar-refractivity contribution < 1.29 is 18.7 Å². The Labute approximate surface area is 156 Å². The van der Waals surface area contributed by atoms with Crippen molar-refractivity contribution in [3.8, 4) is 5.69 Å². The molecule has 1 amide bonds. The number of benzene rings is 1. The lowest BCUT2D eigenvalue weighted by Gasteiger charge is -2.06. The van der Waals surface area contributed by atoms with Gasteiger partial charge in [-0.3, -0.25) is 4.79 Å². The molecule has 1 N–H and O–H groups in total. The highest BCUT2D eigenvalue weighted by Crippen LogP contribution is 2.24. The molecule has 0 unspecified atom stereocenters. The number of aryl methyl sites for hydroxylation is 1. The van der Waals surface area contributed by atoms with Gasteiger partial charge in [-0.2, -0.15) is 5.10 Å². The number of amides is 1. The molecule has 0 aliphatic rings. The van der Waals surface area contributed by atoms with Crippen molar-refractivity contribution in [2.75, 3.05) is 13.2 Å². The summed E-state index contributed by atoms with van der Waals surface area (Å²) in [6.07, 6.45) is 2.96. The maximum atomic E-state index is 13.0. The summed E-state index contributed by atoms with van der Waals surface area (Å²) in [4.78, 5) is 24.0. The first kappa shape index (κ1) is 19.9. The highest BCUT2D eigenvalue weighted by molar-refractivity contribution is 6.33. The van der Waals surface area contributed by atoms with Crippen molar-refractivity contribution >= 4 is 23.5 Å². The first-order valence-electron chi connectivity index (χ1n) is 8.39. The van der Waals surface area contributed by atoms with Crippen molar-refractivity contribution in [2.45, 2.75) is 33.1 Å². The molecule has 1 aromatic carbocycles. The number of aromatic nitrogens is 2. The van der Waals surface area contributed by atoms with Gasteiger partial charge in [0.25, 0.3) is 5.91 Å². The molecule has 0 saturated heterocycles. The third-order valence-electron chi connectivity index (χ3n) is 3.72. The van der Waals surface area contributed by atoms with Crippen molar-refractivity contribution in [1.29, 1.82) is 0 Å². The Kier molecular flexibility index (Phi) is 7.15. The zero-order valence-corrected chi connectivity index (χ0v) is 15.5. The minimum Gasteiger partial charge on any atom is -0.452 e. The smallest absolute Gasteiger partial charge is 0.343 e. The summed E-state index contributed by atoms with van der Waals surface area (Å²) in [6, 6.07) is 5.52. The second kappa shape index (κ2) is 9.33. The molecule has 8 heteroatoms. The lowest BCUT2D eigenvalue weighted by molar-refractivity contribution is -0.124. The van der Waals surface area contributed by atoms with Gasteiger partial charge in [0.1, 0.15) is 16.5 Å². The lowest BCUT2D eigenvalue weighted by Crippen LogP contribution is -2.29. The zero-order valence-electron chi connectivity index (χ0n) is 14.7. The van der Waals surface area contributed by atoms with Gasteiger partial charge in [0.15, 0.2) is 6.61 Å². The van der Waals surface area contributed by atoms with Crippen LogP contribution in [0.4, 0.5) is 4.39 Å². The minimum absolute atomic E-state index is 0.0439. The SMILES string of the molecule is CCCCCNC(=O)COC(=O)c1c(C)nn(-c2ccc(F)cc2)c1Cl. The number of esters is 1. The number of hydrogen-bond acceptors (Lipinski definition) is 4. The van der Waals surface area contributed by atoms with Gasteiger partial charge in [-0.1, -0.05) is 31.4 Å². The third-order valence-corrected chi connectivity index (χ3v) is 4.07. The lowest BCUT2D eigenvalue weighted by atomic mass is 10.2. The Bertz CT molecular complexity index is 775. The van der Waals surface area contributed by atoms with E-state index in [4.69, 9.17) is 16.3 Å². The van der Waals surface area contributed by atoms with Gasteiger partial charge < -0.3 is 10.1 Å². The fraction of sp³-hybridized carbons (Fsp3) is 0.389. The van der Waals surface area contributed by atoms with Gasteiger partial charge in [-0.05, 0) is 37.6 Å². The van der Waals surface area contributed by atoms with Crippen LogP contribution in [0.25, 0.3) is 5.69 Å². The number of ether oxygens (including phenoxy) is 1.